The number of carbonyl (C=O) groups is 2. The minimum Gasteiger partial charge on any atom is -0.497 e. The van der Waals surface area contributed by atoms with Gasteiger partial charge < -0.3 is 14.8 Å². The van der Waals surface area contributed by atoms with Crippen molar-refractivity contribution in [1.29, 1.82) is 0 Å². The topological polar surface area (TPSA) is 89.0 Å². The molecule has 21 heavy (non-hydrogen) atoms. The minimum absolute atomic E-state index is 0.208. The maximum Gasteiger partial charge on any atom is 0.329 e. The van der Waals surface area contributed by atoms with Gasteiger partial charge in [-0.3, -0.25) is 9.59 Å². The van der Waals surface area contributed by atoms with Gasteiger partial charge in [-0.05, 0) is 18.2 Å². The summed E-state index contributed by atoms with van der Waals surface area (Å²) in [4.78, 5) is 22.7. The highest BCUT2D eigenvalue weighted by Crippen LogP contribution is 2.22. The summed E-state index contributed by atoms with van der Waals surface area (Å²) >= 11 is 0. The fraction of sp³-hybridized carbons (Fsp3) is 0.214. The van der Waals surface area contributed by atoms with Crippen molar-refractivity contribution < 1.29 is 19.1 Å². The summed E-state index contributed by atoms with van der Waals surface area (Å²) < 4.78 is 10.2. The molecule has 0 aromatic heterocycles. The van der Waals surface area contributed by atoms with Crippen molar-refractivity contribution in [2.24, 2.45) is 5.10 Å². The van der Waals surface area contributed by atoms with E-state index in [2.05, 4.69) is 22.4 Å². The maximum atomic E-state index is 11.4. The van der Waals surface area contributed by atoms with E-state index in [-0.39, 0.29) is 6.54 Å². The molecule has 0 aliphatic heterocycles. The van der Waals surface area contributed by atoms with Gasteiger partial charge in [0.1, 0.15) is 11.5 Å². The predicted molar refractivity (Wildman–Crippen MR) is 78.5 cm³/mol. The van der Waals surface area contributed by atoms with Crippen LogP contribution in [0.1, 0.15) is 5.56 Å². The molecule has 7 heteroatoms. The van der Waals surface area contributed by atoms with Gasteiger partial charge in [0, 0.05) is 12.1 Å². The molecule has 1 aromatic carbocycles. The van der Waals surface area contributed by atoms with Crippen LogP contribution in [0.3, 0.4) is 0 Å². The van der Waals surface area contributed by atoms with Gasteiger partial charge in [-0.1, -0.05) is 6.08 Å². The lowest BCUT2D eigenvalue weighted by atomic mass is 10.2. The van der Waals surface area contributed by atoms with Crippen LogP contribution in [-0.2, 0) is 9.59 Å². The third-order valence-corrected chi connectivity index (χ3v) is 2.42. The Labute approximate surface area is 122 Å². The molecule has 0 saturated heterocycles. The number of hydrazone groups is 1. The number of hydrogen-bond donors (Lipinski definition) is 2. The van der Waals surface area contributed by atoms with E-state index in [0.717, 1.165) is 0 Å². The van der Waals surface area contributed by atoms with Gasteiger partial charge in [-0.25, -0.2) is 5.43 Å². The molecule has 7 nitrogen and oxygen atoms in total. The molecular formula is C14H17N3O4. The Kier molecular flexibility index (Phi) is 6.46. The molecule has 2 amide bonds. The molecule has 0 radical (unpaired) electrons. The highest BCUT2D eigenvalue weighted by atomic mass is 16.5. The lowest BCUT2D eigenvalue weighted by Crippen LogP contribution is -2.37. The molecule has 0 spiro atoms. The summed E-state index contributed by atoms with van der Waals surface area (Å²) in [6.45, 7) is 3.64. The number of benzene rings is 1. The molecule has 0 saturated carbocycles. The lowest BCUT2D eigenvalue weighted by Gasteiger charge is -2.06. The summed E-state index contributed by atoms with van der Waals surface area (Å²) in [6.07, 6.45) is 2.83. The third kappa shape index (κ3) is 4.98. The molecule has 0 aliphatic rings. The number of nitrogens with zero attached hydrogens (tertiary/aromatic N) is 1. The van der Waals surface area contributed by atoms with Crippen LogP contribution in [0.15, 0.2) is 36.0 Å². The third-order valence-electron chi connectivity index (χ3n) is 2.42. The van der Waals surface area contributed by atoms with E-state index in [1.54, 1.807) is 18.2 Å². The fourth-order valence-electron chi connectivity index (χ4n) is 1.40. The van der Waals surface area contributed by atoms with Gasteiger partial charge >= 0.3 is 11.8 Å². The second-order valence-corrected chi connectivity index (χ2v) is 3.81. The van der Waals surface area contributed by atoms with Crippen molar-refractivity contribution >= 4 is 18.0 Å². The van der Waals surface area contributed by atoms with E-state index in [1.165, 1.54) is 26.5 Å². The smallest absolute Gasteiger partial charge is 0.329 e. The van der Waals surface area contributed by atoms with Crippen molar-refractivity contribution in [1.82, 2.24) is 10.7 Å². The van der Waals surface area contributed by atoms with E-state index in [1.807, 2.05) is 0 Å². The van der Waals surface area contributed by atoms with Gasteiger partial charge in [0.05, 0.1) is 20.4 Å². The van der Waals surface area contributed by atoms with E-state index >= 15 is 0 Å². The molecule has 2 N–H and O–H groups in total. The first-order valence-corrected chi connectivity index (χ1v) is 6.06. The van der Waals surface area contributed by atoms with Gasteiger partial charge in [-0.2, -0.15) is 5.10 Å². The molecule has 1 aromatic rings. The zero-order valence-electron chi connectivity index (χ0n) is 11.9. The van der Waals surface area contributed by atoms with Crippen molar-refractivity contribution in [3.05, 3.63) is 36.4 Å². The van der Waals surface area contributed by atoms with E-state index in [0.29, 0.717) is 17.1 Å². The molecule has 0 fully saturated rings. The maximum absolute atomic E-state index is 11.4. The monoisotopic (exact) mass is 291 g/mol. The lowest BCUT2D eigenvalue weighted by molar-refractivity contribution is -0.139. The number of methoxy groups -OCH3 is 2. The normalized spacial score (nSPS) is 10.0. The summed E-state index contributed by atoms with van der Waals surface area (Å²) in [5.74, 6) is -0.475. The molecule has 0 aliphatic carbocycles. The van der Waals surface area contributed by atoms with Crippen molar-refractivity contribution in [3.63, 3.8) is 0 Å². The average Bonchev–Trinajstić information content (AvgIpc) is 2.52. The highest BCUT2D eigenvalue weighted by Gasteiger charge is 2.10. The highest BCUT2D eigenvalue weighted by molar-refractivity contribution is 6.35. The van der Waals surface area contributed by atoms with E-state index in [4.69, 9.17) is 9.47 Å². The Balaban J connectivity index is 2.70. The first-order valence-electron chi connectivity index (χ1n) is 6.06. The Bertz CT molecular complexity index is 555. The van der Waals surface area contributed by atoms with Crippen molar-refractivity contribution in [3.8, 4) is 11.5 Å². The number of ether oxygens (including phenoxy) is 2. The molecule has 112 valence electrons. The molecule has 0 unspecified atom stereocenters. The summed E-state index contributed by atoms with van der Waals surface area (Å²) in [5, 5.41) is 6.04. The minimum atomic E-state index is -0.866. The van der Waals surface area contributed by atoms with Crippen LogP contribution in [0.2, 0.25) is 0 Å². The van der Waals surface area contributed by atoms with E-state index < -0.39 is 11.8 Å². The standard InChI is InChI=1S/C14H17N3O4/c1-4-7-15-13(18)14(19)17-16-9-10-8-11(20-2)5-6-12(10)21-3/h4-6,8-9H,1,7H2,2-3H3,(H,15,18)(H,17,19)/b16-9+. The molecular weight excluding hydrogens is 274 g/mol. The Morgan fingerprint density at radius 3 is 2.67 bits per heavy atom. The second-order valence-electron chi connectivity index (χ2n) is 3.81. The van der Waals surface area contributed by atoms with Crippen LogP contribution in [0, 0.1) is 0 Å². The number of amides is 2. The van der Waals surface area contributed by atoms with Gasteiger partial charge in [-0.15, -0.1) is 6.58 Å². The second kappa shape index (κ2) is 8.36. The quantitative estimate of drug-likeness (QED) is 0.345. The van der Waals surface area contributed by atoms with Crippen LogP contribution >= 0.6 is 0 Å². The van der Waals surface area contributed by atoms with Crippen molar-refractivity contribution in [2.75, 3.05) is 20.8 Å². The van der Waals surface area contributed by atoms with Crippen LogP contribution in [-0.4, -0.2) is 38.8 Å². The molecule has 0 heterocycles. The van der Waals surface area contributed by atoms with Gasteiger partial charge in [0.25, 0.3) is 0 Å². The number of nitrogens with one attached hydrogen (secondary N) is 2. The Hall–Kier alpha value is -2.83. The molecule has 1 rings (SSSR count). The van der Waals surface area contributed by atoms with Crippen molar-refractivity contribution in [2.45, 2.75) is 0 Å². The zero-order valence-corrected chi connectivity index (χ0v) is 11.9. The largest absolute Gasteiger partial charge is 0.497 e. The van der Waals surface area contributed by atoms with Crippen LogP contribution in [0.25, 0.3) is 0 Å². The number of carbonyl (C=O) groups excluding carboxylic acids is 2. The first kappa shape index (κ1) is 16.2. The Morgan fingerprint density at radius 1 is 1.29 bits per heavy atom. The first-order chi connectivity index (χ1) is 10.1. The van der Waals surface area contributed by atoms with Crippen LogP contribution in [0.4, 0.5) is 0 Å². The summed E-state index contributed by atoms with van der Waals surface area (Å²) in [6, 6.07) is 5.13. The van der Waals surface area contributed by atoms with Gasteiger partial charge in [0.15, 0.2) is 0 Å². The van der Waals surface area contributed by atoms with E-state index in [9.17, 15) is 9.59 Å². The molecule has 0 atom stereocenters. The predicted octanol–water partition coefficient (Wildman–Crippen LogP) is 0.456. The zero-order chi connectivity index (χ0) is 15.7. The summed E-state index contributed by atoms with van der Waals surface area (Å²) in [7, 11) is 3.05. The Morgan fingerprint density at radius 2 is 2.05 bits per heavy atom. The van der Waals surface area contributed by atoms with Crippen LogP contribution in [0.5, 0.6) is 11.5 Å². The van der Waals surface area contributed by atoms with Gasteiger partial charge in [0.2, 0.25) is 0 Å². The average molecular weight is 291 g/mol. The fourth-order valence-corrected chi connectivity index (χ4v) is 1.40. The SMILES string of the molecule is C=CCNC(=O)C(=O)N/N=C/c1cc(OC)ccc1OC. The molecule has 0 bridgehead atoms. The number of rotatable bonds is 6. The number of hydrogen-bond acceptors (Lipinski definition) is 5. The van der Waals surface area contributed by atoms with Crippen LogP contribution < -0.4 is 20.2 Å². The summed E-state index contributed by atoms with van der Waals surface area (Å²) in [5.41, 5.74) is 2.72.